The molecule has 2 heterocycles. The summed E-state index contributed by atoms with van der Waals surface area (Å²) in [6.07, 6.45) is 8.43. The van der Waals surface area contributed by atoms with Gasteiger partial charge in [0.2, 0.25) is 0 Å². The van der Waals surface area contributed by atoms with Gasteiger partial charge in [-0.05, 0) is 56.6 Å². The summed E-state index contributed by atoms with van der Waals surface area (Å²) in [4.78, 5) is 6.53. The molecule has 1 N–H and O–H groups in total. The predicted molar refractivity (Wildman–Crippen MR) is 98.4 cm³/mol. The lowest BCUT2D eigenvalue weighted by Crippen LogP contribution is -2.24. The molecule has 1 fully saturated rings. The van der Waals surface area contributed by atoms with Gasteiger partial charge in [0.25, 0.3) is 0 Å². The van der Waals surface area contributed by atoms with Gasteiger partial charge in [-0.15, -0.1) is 0 Å². The summed E-state index contributed by atoms with van der Waals surface area (Å²) in [5.74, 6) is 0.745. The van der Waals surface area contributed by atoms with E-state index in [1.54, 1.807) is 19.5 Å². The zero-order chi connectivity index (χ0) is 17.2. The molecule has 1 aromatic carbocycles. The highest BCUT2D eigenvalue weighted by Gasteiger charge is 2.02. The van der Waals surface area contributed by atoms with Crippen molar-refractivity contribution < 1.29 is 9.84 Å². The van der Waals surface area contributed by atoms with Crippen molar-refractivity contribution in [2.75, 3.05) is 33.9 Å². The molecule has 2 aromatic rings. The van der Waals surface area contributed by atoms with Crippen LogP contribution in [0.1, 0.15) is 24.8 Å². The van der Waals surface area contributed by atoms with E-state index in [0.29, 0.717) is 6.42 Å². The van der Waals surface area contributed by atoms with E-state index in [-0.39, 0.29) is 6.61 Å². The Labute approximate surface area is 145 Å². The molecule has 1 aromatic heterocycles. The van der Waals surface area contributed by atoms with Crippen molar-refractivity contribution in [2.24, 2.45) is 0 Å². The smallest absolute Gasteiger partial charge is 0.137 e. The molecule has 3 rings (SSSR count). The maximum absolute atomic E-state index is 8.93. The van der Waals surface area contributed by atoms with Gasteiger partial charge in [0.15, 0.2) is 0 Å². The van der Waals surface area contributed by atoms with Crippen molar-refractivity contribution in [3.63, 3.8) is 0 Å². The van der Waals surface area contributed by atoms with Gasteiger partial charge in [-0.2, -0.15) is 0 Å². The number of aromatic nitrogens is 1. The first-order valence-electron chi connectivity index (χ1n) is 8.60. The Hall–Kier alpha value is -1.91. The number of hydrogen-bond donors (Lipinski definition) is 1. The second kappa shape index (κ2) is 10.1. The van der Waals surface area contributed by atoms with Crippen LogP contribution in [0.5, 0.6) is 5.75 Å². The van der Waals surface area contributed by atoms with Crippen LogP contribution in [0.3, 0.4) is 0 Å². The van der Waals surface area contributed by atoms with Crippen LogP contribution in [0, 0.1) is 0 Å². The maximum Gasteiger partial charge on any atom is 0.137 e. The molecule has 0 saturated carbocycles. The molecule has 1 aliphatic heterocycles. The molecule has 130 valence electrons. The minimum absolute atomic E-state index is 0.166. The van der Waals surface area contributed by atoms with E-state index in [4.69, 9.17) is 9.84 Å². The number of aliphatic hydroxyl groups excluding tert-OH is 1. The van der Waals surface area contributed by atoms with E-state index in [9.17, 15) is 0 Å². The van der Waals surface area contributed by atoms with Gasteiger partial charge in [0.05, 0.1) is 13.3 Å². The number of aliphatic hydroxyl groups is 1. The highest BCUT2D eigenvalue weighted by Crippen LogP contribution is 2.23. The van der Waals surface area contributed by atoms with Crippen LogP contribution in [0.2, 0.25) is 0 Å². The number of hydrogen-bond acceptors (Lipinski definition) is 4. The summed E-state index contributed by atoms with van der Waals surface area (Å²) in [7, 11) is 3.82. The Balaban J connectivity index is 0.000000249. The molecule has 1 aliphatic rings. The van der Waals surface area contributed by atoms with Crippen LogP contribution in [0.25, 0.3) is 11.1 Å². The highest BCUT2D eigenvalue weighted by molar-refractivity contribution is 5.64. The fourth-order valence-corrected chi connectivity index (χ4v) is 2.78. The first kappa shape index (κ1) is 18.4. The van der Waals surface area contributed by atoms with Crippen LogP contribution in [-0.4, -0.2) is 48.8 Å². The van der Waals surface area contributed by atoms with Crippen molar-refractivity contribution in [2.45, 2.75) is 25.7 Å². The molecule has 1 saturated heterocycles. The van der Waals surface area contributed by atoms with Gasteiger partial charge >= 0.3 is 0 Å². The SMILES string of the molecule is CN1CCCCC1.COc1cncc(-c2cccc(CCO)c2)c1. The lowest BCUT2D eigenvalue weighted by Gasteiger charge is -2.20. The molecule has 4 nitrogen and oxygen atoms in total. The van der Waals surface area contributed by atoms with E-state index in [1.165, 1.54) is 32.4 Å². The molecule has 0 spiro atoms. The number of rotatable bonds is 4. The van der Waals surface area contributed by atoms with Crippen molar-refractivity contribution in [1.82, 2.24) is 9.88 Å². The van der Waals surface area contributed by atoms with Crippen molar-refractivity contribution >= 4 is 0 Å². The minimum atomic E-state index is 0.166. The number of pyridine rings is 1. The molecule has 0 radical (unpaired) electrons. The van der Waals surface area contributed by atoms with Gasteiger partial charge in [0.1, 0.15) is 5.75 Å². The van der Waals surface area contributed by atoms with E-state index in [2.05, 4.69) is 23.0 Å². The third kappa shape index (κ3) is 5.95. The monoisotopic (exact) mass is 328 g/mol. The van der Waals surface area contributed by atoms with Gasteiger partial charge < -0.3 is 14.7 Å². The molecule has 0 atom stereocenters. The maximum atomic E-state index is 8.93. The second-order valence-electron chi connectivity index (χ2n) is 6.15. The minimum Gasteiger partial charge on any atom is -0.495 e. The molecule has 4 heteroatoms. The van der Waals surface area contributed by atoms with Gasteiger partial charge in [-0.1, -0.05) is 30.7 Å². The fourth-order valence-electron chi connectivity index (χ4n) is 2.78. The van der Waals surface area contributed by atoms with Gasteiger partial charge in [-0.3, -0.25) is 4.98 Å². The summed E-state index contributed by atoms with van der Waals surface area (Å²) in [6.45, 7) is 2.81. The third-order valence-corrected chi connectivity index (χ3v) is 4.19. The molecular formula is C20H28N2O2. The predicted octanol–water partition coefficient (Wildman–Crippen LogP) is 3.39. The number of ether oxygens (including phenoxy) is 1. The number of likely N-dealkylation sites (tertiary alicyclic amines) is 1. The highest BCUT2D eigenvalue weighted by atomic mass is 16.5. The molecule has 0 aliphatic carbocycles. The Morgan fingerprint density at radius 2 is 1.88 bits per heavy atom. The average molecular weight is 328 g/mol. The Kier molecular flexibility index (Phi) is 7.72. The lowest BCUT2D eigenvalue weighted by molar-refractivity contribution is 0.277. The normalized spacial score (nSPS) is 14.6. The third-order valence-electron chi connectivity index (χ3n) is 4.19. The first-order valence-corrected chi connectivity index (χ1v) is 8.60. The van der Waals surface area contributed by atoms with Crippen LogP contribution < -0.4 is 4.74 Å². The Bertz CT molecular complexity index is 610. The van der Waals surface area contributed by atoms with Crippen molar-refractivity contribution in [3.05, 3.63) is 48.3 Å². The van der Waals surface area contributed by atoms with Gasteiger partial charge in [0, 0.05) is 18.4 Å². The van der Waals surface area contributed by atoms with E-state index < -0.39 is 0 Å². The fraction of sp³-hybridized carbons (Fsp3) is 0.450. The Morgan fingerprint density at radius 3 is 2.50 bits per heavy atom. The summed E-state index contributed by atoms with van der Waals surface area (Å²) < 4.78 is 5.15. The summed E-state index contributed by atoms with van der Waals surface area (Å²) in [6, 6.07) is 10.0. The standard InChI is InChI=1S/C14H15NO2.C6H13N/c1-17-14-8-13(9-15-10-14)12-4-2-3-11(7-12)5-6-16;1-7-5-3-2-4-6-7/h2-4,7-10,16H,5-6H2,1H3;2-6H2,1H3. The summed E-state index contributed by atoms with van der Waals surface area (Å²) >= 11 is 0. The van der Waals surface area contributed by atoms with E-state index in [0.717, 1.165) is 22.4 Å². The van der Waals surface area contributed by atoms with Crippen molar-refractivity contribution in [3.8, 4) is 16.9 Å². The number of benzene rings is 1. The lowest BCUT2D eigenvalue weighted by atomic mass is 10.0. The van der Waals surface area contributed by atoms with E-state index >= 15 is 0 Å². The molecular weight excluding hydrogens is 300 g/mol. The molecule has 0 bridgehead atoms. The zero-order valence-corrected chi connectivity index (χ0v) is 14.7. The largest absolute Gasteiger partial charge is 0.495 e. The van der Waals surface area contributed by atoms with Crippen LogP contribution in [0.15, 0.2) is 42.7 Å². The quantitative estimate of drug-likeness (QED) is 0.934. The number of piperidine rings is 1. The Morgan fingerprint density at radius 1 is 1.08 bits per heavy atom. The topological polar surface area (TPSA) is 45.6 Å². The van der Waals surface area contributed by atoms with Crippen LogP contribution >= 0.6 is 0 Å². The van der Waals surface area contributed by atoms with Crippen LogP contribution in [-0.2, 0) is 6.42 Å². The summed E-state index contributed by atoms with van der Waals surface area (Å²) in [5, 5.41) is 8.93. The van der Waals surface area contributed by atoms with Gasteiger partial charge in [-0.25, -0.2) is 0 Å². The number of methoxy groups -OCH3 is 1. The average Bonchev–Trinajstić information content (AvgIpc) is 2.63. The molecule has 0 unspecified atom stereocenters. The van der Waals surface area contributed by atoms with Crippen molar-refractivity contribution in [1.29, 1.82) is 0 Å². The first-order chi connectivity index (χ1) is 11.7. The zero-order valence-electron chi connectivity index (χ0n) is 14.7. The molecule has 24 heavy (non-hydrogen) atoms. The van der Waals surface area contributed by atoms with E-state index in [1.807, 2.05) is 24.3 Å². The summed E-state index contributed by atoms with van der Waals surface area (Å²) in [5.41, 5.74) is 3.22. The number of nitrogens with zero attached hydrogens (tertiary/aromatic N) is 2. The second-order valence-corrected chi connectivity index (χ2v) is 6.15. The molecule has 0 amide bonds. The van der Waals surface area contributed by atoms with Crippen LogP contribution in [0.4, 0.5) is 0 Å².